The first-order chi connectivity index (χ1) is 9.28. The van der Waals surface area contributed by atoms with Gasteiger partial charge in [0.2, 0.25) is 0 Å². The molecule has 0 radical (unpaired) electrons. The molecule has 4 nitrogen and oxygen atoms in total. The van der Waals surface area contributed by atoms with Crippen LogP contribution in [0, 0.1) is 3.57 Å². The molecule has 0 saturated carbocycles. The first kappa shape index (κ1) is 13.5. The second-order valence-electron chi connectivity index (χ2n) is 5.65. The molecule has 2 aliphatic rings. The highest BCUT2D eigenvalue weighted by molar-refractivity contribution is 14.1. The molecule has 3 heterocycles. The summed E-state index contributed by atoms with van der Waals surface area (Å²) in [7, 11) is 0. The van der Waals surface area contributed by atoms with Gasteiger partial charge in [-0.2, -0.15) is 0 Å². The number of aromatic nitrogens is 2. The van der Waals surface area contributed by atoms with Gasteiger partial charge in [-0.15, -0.1) is 0 Å². The SMILES string of the molecule is CCCN(c1ncncc1I)C1CC2CCC(C1)N2. The second-order valence-corrected chi connectivity index (χ2v) is 6.81. The Morgan fingerprint density at radius 2 is 2.11 bits per heavy atom. The van der Waals surface area contributed by atoms with Crippen molar-refractivity contribution in [1.29, 1.82) is 0 Å². The van der Waals surface area contributed by atoms with Crippen LogP contribution in [0.3, 0.4) is 0 Å². The summed E-state index contributed by atoms with van der Waals surface area (Å²) in [6.07, 6.45) is 9.98. The van der Waals surface area contributed by atoms with Crippen LogP contribution in [-0.2, 0) is 0 Å². The third-order valence-electron chi connectivity index (χ3n) is 4.27. The van der Waals surface area contributed by atoms with Crippen LogP contribution in [0.25, 0.3) is 0 Å². The Labute approximate surface area is 128 Å². The van der Waals surface area contributed by atoms with Gasteiger partial charge in [0.1, 0.15) is 12.1 Å². The van der Waals surface area contributed by atoms with Crippen LogP contribution < -0.4 is 10.2 Å². The lowest BCUT2D eigenvalue weighted by atomic mass is 9.98. The van der Waals surface area contributed by atoms with Crippen molar-refractivity contribution in [3.05, 3.63) is 16.1 Å². The molecule has 2 aliphatic heterocycles. The van der Waals surface area contributed by atoms with Crippen LogP contribution in [0.5, 0.6) is 0 Å². The Balaban J connectivity index is 1.83. The highest BCUT2D eigenvalue weighted by Crippen LogP contribution is 2.32. The zero-order valence-corrected chi connectivity index (χ0v) is 13.5. The van der Waals surface area contributed by atoms with E-state index in [1.54, 1.807) is 6.33 Å². The Bertz CT molecular complexity index is 427. The van der Waals surface area contributed by atoms with Gasteiger partial charge in [-0.25, -0.2) is 9.97 Å². The van der Waals surface area contributed by atoms with Crippen molar-refractivity contribution in [3.8, 4) is 0 Å². The molecule has 2 atom stereocenters. The molecular formula is C14H21IN4. The Morgan fingerprint density at radius 3 is 2.74 bits per heavy atom. The minimum absolute atomic E-state index is 0.641. The van der Waals surface area contributed by atoms with Gasteiger partial charge in [-0.1, -0.05) is 6.92 Å². The molecule has 19 heavy (non-hydrogen) atoms. The normalized spacial score (nSPS) is 29.5. The Kier molecular flexibility index (Phi) is 4.21. The predicted octanol–water partition coefficient (Wildman–Crippen LogP) is 2.58. The maximum atomic E-state index is 4.53. The smallest absolute Gasteiger partial charge is 0.145 e. The maximum Gasteiger partial charge on any atom is 0.145 e. The molecule has 2 bridgehead atoms. The number of rotatable bonds is 4. The summed E-state index contributed by atoms with van der Waals surface area (Å²) in [5.74, 6) is 1.13. The number of halogens is 1. The number of hydrogen-bond donors (Lipinski definition) is 1. The van der Waals surface area contributed by atoms with Crippen LogP contribution in [0.2, 0.25) is 0 Å². The van der Waals surface area contributed by atoms with Crippen molar-refractivity contribution in [2.45, 2.75) is 57.2 Å². The zero-order valence-electron chi connectivity index (χ0n) is 11.3. The van der Waals surface area contributed by atoms with Crippen LogP contribution >= 0.6 is 22.6 Å². The molecule has 0 aromatic carbocycles. The molecule has 2 fully saturated rings. The van der Waals surface area contributed by atoms with Gasteiger partial charge < -0.3 is 10.2 Å². The first-order valence-corrected chi connectivity index (χ1v) is 8.34. The van der Waals surface area contributed by atoms with Crippen molar-refractivity contribution in [3.63, 3.8) is 0 Å². The van der Waals surface area contributed by atoms with E-state index in [1.807, 2.05) is 6.20 Å². The van der Waals surface area contributed by atoms with E-state index in [9.17, 15) is 0 Å². The van der Waals surface area contributed by atoms with Gasteiger partial charge >= 0.3 is 0 Å². The van der Waals surface area contributed by atoms with Crippen molar-refractivity contribution in [1.82, 2.24) is 15.3 Å². The van der Waals surface area contributed by atoms with E-state index in [-0.39, 0.29) is 0 Å². The lowest BCUT2D eigenvalue weighted by Crippen LogP contribution is -2.49. The van der Waals surface area contributed by atoms with Gasteiger partial charge in [0, 0.05) is 30.9 Å². The molecule has 0 spiro atoms. The van der Waals surface area contributed by atoms with E-state index < -0.39 is 0 Å². The topological polar surface area (TPSA) is 41.1 Å². The average Bonchev–Trinajstić information content (AvgIpc) is 2.76. The van der Waals surface area contributed by atoms with Crippen molar-refractivity contribution >= 4 is 28.4 Å². The van der Waals surface area contributed by atoms with Crippen molar-refractivity contribution in [2.75, 3.05) is 11.4 Å². The van der Waals surface area contributed by atoms with Gasteiger partial charge in [-0.3, -0.25) is 0 Å². The van der Waals surface area contributed by atoms with Crippen LogP contribution in [0.4, 0.5) is 5.82 Å². The summed E-state index contributed by atoms with van der Waals surface area (Å²) in [5, 5.41) is 3.72. The molecule has 0 amide bonds. The number of anilines is 1. The summed E-state index contributed by atoms with van der Waals surface area (Å²) in [6.45, 7) is 3.34. The molecule has 2 unspecified atom stereocenters. The number of nitrogens with zero attached hydrogens (tertiary/aromatic N) is 3. The van der Waals surface area contributed by atoms with Gasteiger partial charge in [0.15, 0.2) is 0 Å². The van der Waals surface area contributed by atoms with Crippen LogP contribution in [-0.4, -0.2) is 34.6 Å². The van der Waals surface area contributed by atoms with E-state index in [4.69, 9.17) is 0 Å². The summed E-state index contributed by atoms with van der Waals surface area (Å²) in [6, 6.07) is 2.09. The van der Waals surface area contributed by atoms with Gasteiger partial charge in [0.05, 0.1) is 3.57 Å². The van der Waals surface area contributed by atoms with Gasteiger partial charge in [-0.05, 0) is 54.7 Å². The molecule has 1 N–H and O–H groups in total. The fraction of sp³-hybridized carbons (Fsp3) is 0.714. The van der Waals surface area contributed by atoms with Crippen molar-refractivity contribution in [2.24, 2.45) is 0 Å². The predicted molar refractivity (Wildman–Crippen MR) is 85.4 cm³/mol. The van der Waals surface area contributed by atoms with Crippen molar-refractivity contribution < 1.29 is 0 Å². The molecule has 1 aromatic rings. The van der Waals surface area contributed by atoms with E-state index in [0.29, 0.717) is 6.04 Å². The number of fused-ring (bicyclic) bond motifs is 2. The monoisotopic (exact) mass is 372 g/mol. The quantitative estimate of drug-likeness (QED) is 0.825. The largest absolute Gasteiger partial charge is 0.353 e. The average molecular weight is 372 g/mol. The molecule has 2 saturated heterocycles. The minimum Gasteiger partial charge on any atom is -0.353 e. The van der Waals surface area contributed by atoms with E-state index in [2.05, 4.69) is 49.7 Å². The van der Waals surface area contributed by atoms with Crippen LogP contribution in [0.15, 0.2) is 12.5 Å². The number of nitrogens with one attached hydrogen (secondary N) is 1. The molecule has 3 rings (SSSR count). The Hall–Kier alpha value is -0.430. The summed E-state index contributed by atoms with van der Waals surface area (Å²) >= 11 is 2.36. The highest BCUT2D eigenvalue weighted by Gasteiger charge is 2.36. The molecule has 104 valence electrons. The number of piperidine rings is 1. The standard InChI is InChI=1S/C14H21IN4/c1-2-5-19(14-13(15)8-16-9-17-14)12-6-10-3-4-11(7-12)18-10/h8-12,18H,2-7H2,1H3. The third kappa shape index (κ3) is 2.86. The Morgan fingerprint density at radius 1 is 1.37 bits per heavy atom. The molecule has 0 aliphatic carbocycles. The third-order valence-corrected chi connectivity index (χ3v) is 5.03. The van der Waals surface area contributed by atoms with E-state index >= 15 is 0 Å². The summed E-state index contributed by atoms with van der Waals surface area (Å²) < 4.78 is 1.17. The molecule has 1 aromatic heterocycles. The molecular weight excluding hydrogens is 351 g/mol. The number of hydrogen-bond acceptors (Lipinski definition) is 4. The fourth-order valence-electron chi connectivity index (χ4n) is 3.50. The zero-order chi connectivity index (χ0) is 13.2. The fourth-order valence-corrected chi connectivity index (χ4v) is 4.11. The van der Waals surface area contributed by atoms with E-state index in [0.717, 1.165) is 24.4 Å². The summed E-state index contributed by atoms with van der Waals surface area (Å²) in [4.78, 5) is 11.2. The lowest BCUT2D eigenvalue weighted by Gasteiger charge is -2.38. The maximum absolute atomic E-state index is 4.53. The minimum atomic E-state index is 0.641. The highest BCUT2D eigenvalue weighted by atomic mass is 127. The summed E-state index contributed by atoms with van der Waals surface area (Å²) in [5.41, 5.74) is 0. The van der Waals surface area contributed by atoms with Gasteiger partial charge in [0.25, 0.3) is 0 Å². The first-order valence-electron chi connectivity index (χ1n) is 7.26. The second kappa shape index (κ2) is 5.91. The van der Waals surface area contributed by atoms with Crippen LogP contribution in [0.1, 0.15) is 39.0 Å². The van der Waals surface area contributed by atoms with E-state index in [1.165, 1.54) is 35.7 Å². The lowest BCUT2D eigenvalue weighted by molar-refractivity contribution is 0.345. The molecule has 5 heteroatoms.